The molecule has 0 unspecified atom stereocenters. The van der Waals surface area contributed by atoms with Gasteiger partial charge in [-0.15, -0.1) is 0 Å². The van der Waals surface area contributed by atoms with Crippen molar-refractivity contribution in [1.82, 2.24) is 15.5 Å². The van der Waals surface area contributed by atoms with E-state index in [-0.39, 0.29) is 23.3 Å². The molecule has 0 bridgehead atoms. The molecule has 2 saturated heterocycles. The largest absolute Gasteiger partial charge is 0.354 e. The molecule has 130 valence electrons. The highest BCUT2D eigenvalue weighted by molar-refractivity contribution is 5.87. The van der Waals surface area contributed by atoms with Crippen molar-refractivity contribution >= 4 is 11.8 Å². The van der Waals surface area contributed by atoms with Crippen LogP contribution in [0, 0.1) is 11.3 Å². The van der Waals surface area contributed by atoms with Crippen LogP contribution in [0.1, 0.15) is 46.5 Å². The normalized spacial score (nSPS) is 25.8. The van der Waals surface area contributed by atoms with E-state index < -0.39 is 0 Å². The summed E-state index contributed by atoms with van der Waals surface area (Å²) >= 11 is 0. The van der Waals surface area contributed by atoms with Crippen LogP contribution in [-0.2, 0) is 9.59 Å². The van der Waals surface area contributed by atoms with Crippen LogP contribution in [0.5, 0.6) is 0 Å². The van der Waals surface area contributed by atoms with E-state index in [4.69, 9.17) is 0 Å². The van der Waals surface area contributed by atoms with Gasteiger partial charge in [-0.1, -0.05) is 26.8 Å². The lowest BCUT2D eigenvalue weighted by Gasteiger charge is -2.32. The van der Waals surface area contributed by atoms with Crippen LogP contribution >= 0.6 is 0 Å². The van der Waals surface area contributed by atoms with Crippen molar-refractivity contribution in [2.75, 3.05) is 26.2 Å². The predicted molar refractivity (Wildman–Crippen MR) is 91.9 cm³/mol. The van der Waals surface area contributed by atoms with Gasteiger partial charge in [-0.2, -0.15) is 0 Å². The van der Waals surface area contributed by atoms with Crippen LogP contribution in [0.4, 0.5) is 0 Å². The standard InChI is InChI=1S/C18H31N3O2/c1-18(2,3)9-8-16(22)21-11-5-6-14(13-21)12-20-17(23)15-7-4-10-19-15/h8-9,14-15,19H,4-7,10-13H2,1-3H3,(H,20,23)/b9-8+/t14-,15-/m1/s1. The quantitative estimate of drug-likeness (QED) is 0.775. The van der Waals surface area contributed by atoms with Crippen molar-refractivity contribution in [2.24, 2.45) is 11.3 Å². The number of likely N-dealkylation sites (tertiary alicyclic amines) is 1. The number of hydrogen-bond acceptors (Lipinski definition) is 3. The van der Waals surface area contributed by atoms with E-state index in [0.29, 0.717) is 12.5 Å². The molecule has 5 nitrogen and oxygen atoms in total. The maximum absolute atomic E-state index is 12.3. The van der Waals surface area contributed by atoms with Gasteiger partial charge in [-0.3, -0.25) is 9.59 Å². The number of allylic oxidation sites excluding steroid dienone is 1. The Morgan fingerprint density at radius 2 is 2.04 bits per heavy atom. The lowest BCUT2D eigenvalue weighted by Crippen LogP contribution is -2.46. The lowest BCUT2D eigenvalue weighted by atomic mass is 9.95. The van der Waals surface area contributed by atoms with Crippen LogP contribution < -0.4 is 10.6 Å². The zero-order valence-corrected chi connectivity index (χ0v) is 14.7. The van der Waals surface area contributed by atoms with Gasteiger partial charge in [0.15, 0.2) is 0 Å². The average Bonchev–Trinajstić information content (AvgIpc) is 3.04. The second kappa shape index (κ2) is 7.95. The Morgan fingerprint density at radius 1 is 1.26 bits per heavy atom. The van der Waals surface area contributed by atoms with Crippen molar-refractivity contribution in [1.29, 1.82) is 0 Å². The first-order valence-electron chi connectivity index (χ1n) is 8.84. The number of hydrogen-bond donors (Lipinski definition) is 2. The highest BCUT2D eigenvalue weighted by atomic mass is 16.2. The van der Waals surface area contributed by atoms with Gasteiger partial charge in [0, 0.05) is 19.6 Å². The monoisotopic (exact) mass is 321 g/mol. The van der Waals surface area contributed by atoms with Gasteiger partial charge in [0.1, 0.15) is 0 Å². The molecule has 2 fully saturated rings. The molecule has 0 aromatic rings. The third kappa shape index (κ3) is 5.98. The summed E-state index contributed by atoms with van der Waals surface area (Å²) in [6.45, 7) is 9.43. The van der Waals surface area contributed by atoms with Crippen molar-refractivity contribution in [3.8, 4) is 0 Å². The van der Waals surface area contributed by atoms with Gasteiger partial charge in [-0.05, 0) is 49.6 Å². The maximum Gasteiger partial charge on any atom is 0.246 e. The van der Waals surface area contributed by atoms with Crippen LogP contribution in [0.3, 0.4) is 0 Å². The molecular weight excluding hydrogens is 290 g/mol. The molecule has 2 aliphatic heterocycles. The summed E-state index contributed by atoms with van der Waals surface area (Å²) in [6, 6.07) is -0.0222. The third-order valence-corrected chi connectivity index (χ3v) is 4.50. The second-order valence-electron chi connectivity index (χ2n) is 7.89. The summed E-state index contributed by atoms with van der Waals surface area (Å²) in [6.07, 6.45) is 7.75. The van der Waals surface area contributed by atoms with E-state index in [2.05, 4.69) is 31.4 Å². The van der Waals surface area contributed by atoms with Crippen molar-refractivity contribution in [3.63, 3.8) is 0 Å². The Balaban J connectivity index is 1.77. The topological polar surface area (TPSA) is 61.4 Å². The Kier molecular flexibility index (Phi) is 6.22. The highest BCUT2D eigenvalue weighted by Gasteiger charge is 2.25. The van der Waals surface area contributed by atoms with E-state index >= 15 is 0 Å². The molecular formula is C18H31N3O2. The SMILES string of the molecule is CC(C)(C)/C=C/C(=O)N1CCC[C@H](CNC(=O)[C@H]2CCCN2)C1. The van der Waals surface area contributed by atoms with Gasteiger partial charge in [-0.25, -0.2) is 0 Å². The van der Waals surface area contributed by atoms with E-state index in [9.17, 15) is 9.59 Å². The second-order valence-corrected chi connectivity index (χ2v) is 7.89. The Labute approximate surface area is 139 Å². The van der Waals surface area contributed by atoms with Crippen LogP contribution in [0.2, 0.25) is 0 Å². The molecule has 2 atom stereocenters. The molecule has 2 amide bonds. The van der Waals surface area contributed by atoms with Gasteiger partial charge >= 0.3 is 0 Å². The van der Waals surface area contributed by atoms with Gasteiger partial charge in [0.25, 0.3) is 0 Å². The summed E-state index contributed by atoms with van der Waals surface area (Å²) in [5.41, 5.74) is 0.0209. The first kappa shape index (κ1) is 18.0. The molecule has 2 rings (SSSR count). The minimum Gasteiger partial charge on any atom is -0.354 e. The molecule has 5 heteroatoms. The smallest absolute Gasteiger partial charge is 0.246 e. The third-order valence-electron chi connectivity index (χ3n) is 4.50. The minimum absolute atomic E-state index is 0.0209. The number of carbonyl (C=O) groups excluding carboxylic acids is 2. The van der Waals surface area contributed by atoms with Crippen LogP contribution in [-0.4, -0.2) is 48.9 Å². The van der Waals surface area contributed by atoms with Crippen molar-refractivity contribution in [3.05, 3.63) is 12.2 Å². The van der Waals surface area contributed by atoms with Crippen molar-refractivity contribution in [2.45, 2.75) is 52.5 Å². The number of nitrogens with zero attached hydrogens (tertiary/aromatic N) is 1. The minimum atomic E-state index is -0.0222. The zero-order valence-electron chi connectivity index (χ0n) is 14.7. The number of rotatable bonds is 4. The first-order chi connectivity index (χ1) is 10.8. The molecule has 2 heterocycles. The fourth-order valence-electron chi connectivity index (χ4n) is 3.14. The number of nitrogens with one attached hydrogen (secondary N) is 2. The zero-order chi connectivity index (χ0) is 16.9. The van der Waals surface area contributed by atoms with Crippen molar-refractivity contribution < 1.29 is 9.59 Å². The van der Waals surface area contributed by atoms with Gasteiger partial charge < -0.3 is 15.5 Å². The molecule has 0 aromatic carbocycles. The molecule has 2 aliphatic rings. The maximum atomic E-state index is 12.3. The van der Waals surface area contributed by atoms with E-state index in [1.165, 1.54) is 0 Å². The first-order valence-corrected chi connectivity index (χ1v) is 8.84. The van der Waals surface area contributed by atoms with Gasteiger partial charge in [0.05, 0.1) is 6.04 Å². The summed E-state index contributed by atoms with van der Waals surface area (Å²) in [5.74, 6) is 0.563. The molecule has 0 radical (unpaired) electrons. The number of amides is 2. The summed E-state index contributed by atoms with van der Waals surface area (Å²) in [7, 11) is 0. The summed E-state index contributed by atoms with van der Waals surface area (Å²) in [5, 5.41) is 6.27. The fourth-order valence-corrected chi connectivity index (χ4v) is 3.14. The highest BCUT2D eigenvalue weighted by Crippen LogP contribution is 2.18. The Morgan fingerprint density at radius 3 is 2.70 bits per heavy atom. The van der Waals surface area contributed by atoms with Crippen LogP contribution in [0.15, 0.2) is 12.2 Å². The summed E-state index contributed by atoms with van der Waals surface area (Å²) < 4.78 is 0. The van der Waals surface area contributed by atoms with Crippen LogP contribution in [0.25, 0.3) is 0 Å². The molecule has 2 N–H and O–H groups in total. The fraction of sp³-hybridized carbons (Fsp3) is 0.778. The molecule has 23 heavy (non-hydrogen) atoms. The van der Waals surface area contributed by atoms with Gasteiger partial charge in [0.2, 0.25) is 11.8 Å². The van der Waals surface area contributed by atoms with E-state index in [1.54, 1.807) is 6.08 Å². The predicted octanol–water partition coefficient (Wildman–Crippen LogP) is 1.70. The number of carbonyl (C=O) groups is 2. The van der Waals surface area contributed by atoms with E-state index in [1.807, 2.05) is 11.0 Å². The molecule has 0 aromatic heterocycles. The molecule has 0 saturated carbocycles. The lowest BCUT2D eigenvalue weighted by molar-refractivity contribution is -0.127. The van der Waals surface area contributed by atoms with E-state index in [0.717, 1.165) is 45.3 Å². The Hall–Kier alpha value is -1.36. The average molecular weight is 321 g/mol. The molecule has 0 aliphatic carbocycles. The number of piperidine rings is 1. The molecule has 0 spiro atoms. The Bertz CT molecular complexity index is 448. The summed E-state index contributed by atoms with van der Waals surface area (Å²) in [4.78, 5) is 26.2.